The lowest BCUT2D eigenvalue weighted by Gasteiger charge is -2.36. The molecule has 0 radical (unpaired) electrons. The molecule has 2 fully saturated rings. The first kappa shape index (κ1) is 16.0. The Kier molecular flexibility index (Phi) is 4.97. The summed E-state index contributed by atoms with van der Waals surface area (Å²) in [6.45, 7) is 7.55. The van der Waals surface area contributed by atoms with Gasteiger partial charge in [-0.25, -0.2) is 0 Å². The fraction of sp³-hybridized carbons (Fsp3) is 0.625. The second-order valence-electron chi connectivity index (χ2n) is 5.95. The van der Waals surface area contributed by atoms with Crippen molar-refractivity contribution in [3.8, 4) is 0 Å². The van der Waals surface area contributed by atoms with Crippen LogP contribution in [0.1, 0.15) is 16.1 Å². The van der Waals surface area contributed by atoms with Crippen LogP contribution in [0.3, 0.4) is 0 Å². The highest BCUT2D eigenvalue weighted by Crippen LogP contribution is 2.14. The highest BCUT2D eigenvalue weighted by atomic mass is 16.5. The SMILES string of the molecule is Cc1occc1C(=O)N1CCN(C(=O)CN2CCOCC2)CC1. The van der Waals surface area contributed by atoms with Gasteiger partial charge in [0.05, 0.1) is 31.6 Å². The number of piperazine rings is 1. The van der Waals surface area contributed by atoms with E-state index in [4.69, 9.17) is 9.15 Å². The van der Waals surface area contributed by atoms with Crippen LogP contribution in [0.5, 0.6) is 0 Å². The predicted molar refractivity (Wildman–Crippen MR) is 83.2 cm³/mol. The van der Waals surface area contributed by atoms with E-state index in [2.05, 4.69) is 4.90 Å². The third kappa shape index (κ3) is 3.73. The molecule has 1 aromatic rings. The Labute approximate surface area is 135 Å². The molecule has 2 saturated heterocycles. The molecule has 0 aromatic carbocycles. The molecule has 0 atom stereocenters. The molecule has 2 aliphatic rings. The Morgan fingerprint density at radius 2 is 1.70 bits per heavy atom. The fourth-order valence-electron chi connectivity index (χ4n) is 2.99. The number of nitrogens with zero attached hydrogens (tertiary/aromatic N) is 3. The number of amides is 2. The van der Waals surface area contributed by atoms with Crippen molar-refractivity contribution in [3.63, 3.8) is 0 Å². The molecular formula is C16H23N3O4. The molecule has 0 spiro atoms. The topological polar surface area (TPSA) is 66.2 Å². The Morgan fingerprint density at radius 1 is 1.04 bits per heavy atom. The Morgan fingerprint density at radius 3 is 2.30 bits per heavy atom. The van der Waals surface area contributed by atoms with Gasteiger partial charge in [-0.2, -0.15) is 0 Å². The molecule has 23 heavy (non-hydrogen) atoms. The van der Waals surface area contributed by atoms with Gasteiger partial charge in [-0.3, -0.25) is 14.5 Å². The van der Waals surface area contributed by atoms with Crippen molar-refractivity contribution in [2.24, 2.45) is 0 Å². The molecule has 2 aliphatic heterocycles. The summed E-state index contributed by atoms with van der Waals surface area (Å²) in [6.07, 6.45) is 1.53. The number of rotatable bonds is 3. The number of hydrogen-bond acceptors (Lipinski definition) is 5. The molecule has 0 N–H and O–H groups in total. The minimum atomic E-state index is -0.0171. The quantitative estimate of drug-likeness (QED) is 0.796. The lowest BCUT2D eigenvalue weighted by molar-refractivity contribution is -0.134. The minimum Gasteiger partial charge on any atom is -0.469 e. The van der Waals surface area contributed by atoms with E-state index in [0.717, 1.165) is 13.1 Å². The van der Waals surface area contributed by atoms with Gasteiger partial charge in [-0.1, -0.05) is 0 Å². The Balaban J connectivity index is 1.49. The molecular weight excluding hydrogens is 298 g/mol. The zero-order valence-corrected chi connectivity index (χ0v) is 13.5. The average Bonchev–Trinajstić information content (AvgIpc) is 3.01. The van der Waals surface area contributed by atoms with Gasteiger partial charge in [0, 0.05) is 39.3 Å². The molecule has 3 rings (SSSR count). The zero-order valence-electron chi connectivity index (χ0n) is 13.5. The smallest absolute Gasteiger partial charge is 0.257 e. The number of furan rings is 1. The van der Waals surface area contributed by atoms with Gasteiger partial charge in [-0.15, -0.1) is 0 Å². The maximum Gasteiger partial charge on any atom is 0.257 e. The van der Waals surface area contributed by atoms with Crippen LogP contribution in [0.25, 0.3) is 0 Å². The number of morpholine rings is 1. The van der Waals surface area contributed by atoms with Gasteiger partial charge in [0.1, 0.15) is 5.76 Å². The Bertz CT molecular complexity index is 557. The zero-order chi connectivity index (χ0) is 16.2. The van der Waals surface area contributed by atoms with E-state index < -0.39 is 0 Å². The summed E-state index contributed by atoms with van der Waals surface area (Å²) >= 11 is 0. The van der Waals surface area contributed by atoms with Crippen molar-refractivity contribution >= 4 is 11.8 Å². The van der Waals surface area contributed by atoms with Crippen molar-refractivity contribution in [1.82, 2.24) is 14.7 Å². The second-order valence-corrected chi connectivity index (χ2v) is 5.95. The van der Waals surface area contributed by atoms with Gasteiger partial charge in [0.15, 0.2) is 0 Å². The molecule has 0 aliphatic carbocycles. The van der Waals surface area contributed by atoms with Crippen molar-refractivity contribution in [3.05, 3.63) is 23.7 Å². The first-order chi connectivity index (χ1) is 11.1. The van der Waals surface area contributed by atoms with Gasteiger partial charge >= 0.3 is 0 Å². The molecule has 3 heterocycles. The van der Waals surface area contributed by atoms with Gasteiger partial charge < -0.3 is 19.0 Å². The predicted octanol–water partition coefficient (Wildman–Crippen LogP) is 0.205. The van der Waals surface area contributed by atoms with Crippen LogP contribution in [0.15, 0.2) is 16.7 Å². The molecule has 126 valence electrons. The van der Waals surface area contributed by atoms with Crippen LogP contribution < -0.4 is 0 Å². The monoisotopic (exact) mass is 321 g/mol. The van der Waals surface area contributed by atoms with Crippen LogP contribution in [0.2, 0.25) is 0 Å². The van der Waals surface area contributed by atoms with E-state index in [-0.39, 0.29) is 11.8 Å². The number of hydrogen-bond donors (Lipinski definition) is 0. The van der Waals surface area contributed by atoms with E-state index in [1.54, 1.807) is 17.9 Å². The number of ether oxygens (including phenoxy) is 1. The molecule has 7 nitrogen and oxygen atoms in total. The van der Waals surface area contributed by atoms with Crippen LogP contribution >= 0.6 is 0 Å². The van der Waals surface area contributed by atoms with E-state index in [1.807, 2.05) is 4.90 Å². The molecule has 0 unspecified atom stereocenters. The van der Waals surface area contributed by atoms with Gasteiger partial charge in [0.2, 0.25) is 5.91 Å². The number of aryl methyl sites for hydroxylation is 1. The summed E-state index contributed by atoms with van der Waals surface area (Å²) < 4.78 is 10.5. The maximum absolute atomic E-state index is 12.4. The average molecular weight is 321 g/mol. The lowest BCUT2D eigenvalue weighted by Crippen LogP contribution is -2.53. The van der Waals surface area contributed by atoms with Gasteiger partial charge in [0.25, 0.3) is 5.91 Å². The summed E-state index contributed by atoms with van der Waals surface area (Å²) in [5, 5.41) is 0. The highest BCUT2D eigenvalue weighted by molar-refractivity contribution is 5.95. The van der Waals surface area contributed by atoms with Crippen LogP contribution in [0.4, 0.5) is 0 Å². The normalized spacial score (nSPS) is 19.9. The van der Waals surface area contributed by atoms with Crippen LogP contribution in [-0.2, 0) is 9.53 Å². The van der Waals surface area contributed by atoms with Crippen LogP contribution in [-0.4, -0.2) is 85.5 Å². The summed E-state index contributed by atoms with van der Waals surface area (Å²) in [4.78, 5) is 30.5. The van der Waals surface area contributed by atoms with Crippen LogP contribution in [0, 0.1) is 6.92 Å². The third-order valence-corrected chi connectivity index (χ3v) is 4.47. The van der Waals surface area contributed by atoms with Gasteiger partial charge in [-0.05, 0) is 13.0 Å². The number of carbonyl (C=O) groups excluding carboxylic acids is 2. The fourth-order valence-corrected chi connectivity index (χ4v) is 2.99. The molecule has 0 bridgehead atoms. The third-order valence-electron chi connectivity index (χ3n) is 4.47. The maximum atomic E-state index is 12.4. The highest BCUT2D eigenvalue weighted by Gasteiger charge is 2.27. The van der Waals surface area contributed by atoms with E-state index in [9.17, 15) is 9.59 Å². The first-order valence-electron chi connectivity index (χ1n) is 8.06. The van der Waals surface area contributed by atoms with Crippen molar-refractivity contribution < 1.29 is 18.7 Å². The van der Waals surface area contributed by atoms with Crippen molar-refractivity contribution in [2.45, 2.75) is 6.92 Å². The lowest BCUT2D eigenvalue weighted by atomic mass is 10.2. The summed E-state index contributed by atoms with van der Waals surface area (Å²) in [5.41, 5.74) is 0.609. The Hall–Kier alpha value is -1.86. The minimum absolute atomic E-state index is 0.0171. The standard InChI is InChI=1S/C16H23N3O4/c1-13-14(2-9-23-13)16(21)19-5-3-18(4-6-19)15(20)12-17-7-10-22-11-8-17/h2,9H,3-8,10-12H2,1H3. The van der Waals surface area contributed by atoms with Crippen molar-refractivity contribution in [2.75, 3.05) is 59.0 Å². The largest absolute Gasteiger partial charge is 0.469 e. The first-order valence-corrected chi connectivity index (χ1v) is 8.06. The molecule has 7 heteroatoms. The van der Waals surface area contributed by atoms with E-state index in [0.29, 0.717) is 57.3 Å². The van der Waals surface area contributed by atoms with Crippen molar-refractivity contribution in [1.29, 1.82) is 0 Å². The summed E-state index contributed by atoms with van der Waals surface area (Å²) in [6, 6.07) is 1.70. The number of carbonyl (C=O) groups is 2. The molecule has 2 amide bonds. The molecule has 1 aromatic heterocycles. The van der Waals surface area contributed by atoms with E-state index in [1.165, 1.54) is 6.26 Å². The summed E-state index contributed by atoms with van der Waals surface area (Å²) in [5.74, 6) is 0.760. The van der Waals surface area contributed by atoms with E-state index >= 15 is 0 Å². The molecule has 0 saturated carbocycles. The second kappa shape index (κ2) is 7.14. The summed E-state index contributed by atoms with van der Waals surface area (Å²) in [7, 11) is 0.